The van der Waals surface area contributed by atoms with E-state index in [4.69, 9.17) is 4.74 Å². The molecule has 5 heteroatoms. The van der Waals surface area contributed by atoms with Crippen LogP contribution in [0.15, 0.2) is 78.9 Å². The van der Waals surface area contributed by atoms with E-state index in [2.05, 4.69) is 5.32 Å². The summed E-state index contributed by atoms with van der Waals surface area (Å²) in [6, 6.07) is 25.0. The molecule has 154 valence electrons. The SMILES string of the molecule is COc1ccc(C(=O)N(C)C)cc1NC(=O)CC(c1ccccc1)c1ccccc1. The Labute approximate surface area is 177 Å². The van der Waals surface area contributed by atoms with Gasteiger partial charge >= 0.3 is 0 Å². The number of methoxy groups -OCH3 is 1. The Bertz CT molecular complexity index is 962. The fourth-order valence-electron chi connectivity index (χ4n) is 3.38. The minimum atomic E-state index is -0.152. The van der Waals surface area contributed by atoms with Crippen LogP contribution >= 0.6 is 0 Å². The van der Waals surface area contributed by atoms with Crippen LogP contribution in [0.25, 0.3) is 0 Å². The van der Waals surface area contributed by atoms with Crippen molar-refractivity contribution in [1.29, 1.82) is 0 Å². The van der Waals surface area contributed by atoms with E-state index in [9.17, 15) is 9.59 Å². The third-order valence-corrected chi connectivity index (χ3v) is 4.92. The largest absolute Gasteiger partial charge is 0.495 e. The fourth-order valence-corrected chi connectivity index (χ4v) is 3.38. The molecular weight excluding hydrogens is 376 g/mol. The minimum absolute atomic E-state index is 0.0787. The highest BCUT2D eigenvalue weighted by Crippen LogP contribution is 2.30. The molecule has 0 atom stereocenters. The molecule has 0 aliphatic rings. The quantitative estimate of drug-likeness (QED) is 0.630. The number of carbonyl (C=O) groups is 2. The van der Waals surface area contributed by atoms with Gasteiger partial charge in [-0.05, 0) is 29.3 Å². The van der Waals surface area contributed by atoms with Crippen molar-refractivity contribution in [3.63, 3.8) is 0 Å². The number of rotatable bonds is 7. The van der Waals surface area contributed by atoms with Gasteiger partial charge in [-0.3, -0.25) is 9.59 Å². The van der Waals surface area contributed by atoms with Crippen molar-refractivity contribution in [3.05, 3.63) is 95.6 Å². The van der Waals surface area contributed by atoms with Gasteiger partial charge in [-0.1, -0.05) is 60.7 Å². The molecule has 1 N–H and O–H groups in total. The summed E-state index contributed by atoms with van der Waals surface area (Å²) < 4.78 is 5.38. The third-order valence-electron chi connectivity index (χ3n) is 4.92. The molecule has 2 amide bonds. The molecule has 0 aliphatic heterocycles. The second kappa shape index (κ2) is 9.74. The first-order valence-corrected chi connectivity index (χ1v) is 9.79. The van der Waals surface area contributed by atoms with Crippen LogP contribution < -0.4 is 10.1 Å². The molecule has 0 aliphatic carbocycles. The van der Waals surface area contributed by atoms with Gasteiger partial charge in [0.15, 0.2) is 0 Å². The van der Waals surface area contributed by atoms with Crippen LogP contribution in [0, 0.1) is 0 Å². The zero-order valence-corrected chi connectivity index (χ0v) is 17.5. The van der Waals surface area contributed by atoms with E-state index in [1.165, 1.54) is 12.0 Å². The van der Waals surface area contributed by atoms with E-state index in [0.29, 0.717) is 17.0 Å². The van der Waals surface area contributed by atoms with Crippen LogP contribution in [0.3, 0.4) is 0 Å². The fraction of sp³-hybridized carbons (Fsp3) is 0.200. The first-order chi connectivity index (χ1) is 14.5. The standard InChI is InChI=1S/C25H26N2O3/c1-27(2)25(29)20-14-15-23(30-3)22(16-20)26-24(28)17-21(18-10-6-4-7-11-18)19-12-8-5-9-13-19/h4-16,21H,17H2,1-3H3,(H,26,28). The summed E-state index contributed by atoms with van der Waals surface area (Å²) in [5, 5.41) is 2.93. The first kappa shape index (κ1) is 21.1. The molecule has 0 unspecified atom stereocenters. The number of ether oxygens (including phenoxy) is 1. The molecule has 3 aromatic rings. The normalized spacial score (nSPS) is 10.5. The molecule has 30 heavy (non-hydrogen) atoms. The molecule has 0 spiro atoms. The summed E-state index contributed by atoms with van der Waals surface area (Å²) in [5.41, 5.74) is 3.11. The maximum absolute atomic E-state index is 13.0. The van der Waals surface area contributed by atoms with Gasteiger partial charge in [0.25, 0.3) is 5.91 Å². The number of hydrogen-bond acceptors (Lipinski definition) is 3. The number of amides is 2. The Hall–Kier alpha value is -3.60. The van der Waals surface area contributed by atoms with Crippen molar-refractivity contribution < 1.29 is 14.3 Å². The summed E-state index contributed by atoms with van der Waals surface area (Å²) in [6.07, 6.45) is 0.267. The summed E-state index contributed by atoms with van der Waals surface area (Å²) in [6.45, 7) is 0. The van der Waals surface area contributed by atoms with E-state index in [0.717, 1.165) is 11.1 Å². The molecule has 0 aromatic heterocycles. The van der Waals surface area contributed by atoms with Crippen LogP contribution in [0.5, 0.6) is 5.75 Å². The highest BCUT2D eigenvalue weighted by atomic mass is 16.5. The summed E-state index contributed by atoms with van der Waals surface area (Å²) in [7, 11) is 4.92. The Kier molecular flexibility index (Phi) is 6.86. The van der Waals surface area contributed by atoms with Crippen LogP contribution in [-0.4, -0.2) is 37.9 Å². The number of benzene rings is 3. The van der Waals surface area contributed by atoms with Gasteiger partial charge < -0.3 is 15.0 Å². The maximum atomic E-state index is 13.0. The molecule has 0 fully saturated rings. The highest BCUT2D eigenvalue weighted by molar-refractivity contribution is 5.98. The molecule has 0 heterocycles. The van der Waals surface area contributed by atoms with Crippen LogP contribution in [-0.2, 0) is 4.79 Å². The van der Waals surface area contributed by atoms with E-state index < -0.39 is 0 Å². The summed E-state index contributed by atoms with van der Waals surface area (Å²) in [4.78, 5) is 26.8. The zero-order valence-electron chi connectivity index (χ0n) is 17.5. The molecular formula is C25H26N2O3. The minimum Gasteiger partial charge on any atom is -0.495 e. The monoisotopic (exact) mass is 402 g/mol. The number of carbonyl (C=O) groups excluding carboxylic acids is 2. The van der Waals surface area contributed by atoms with E-state index in [1.807, 2.05) is 60.7 Å². The van der Waals surface area contributed by atoms with Crippen molar-refractivity contribution in [2.45, 2.75) is 12.3 Å². The topological polar surface area (TPSA) is 58.6 Å². The number of anilines is 1. The van der Waals surface area contributed by atoms with Crippen LogP contribution in [0.2, 0.25) is 0 Å². The third kappa shape index (κ3) is 5.06. The van der Waals surface area contributed by atoms with E-state index in [1.54, 1.807) is 32.3 Å². The van der Waals surface area contributed by atoms with Crippen molar-refractivity contribution in [2.24, 2.45) is 0 Å². The lowest BCUT2D eigenvalue weighted by Gasteiger charge is -2.19. The first-order valence-electron chi connectivity index (χ1n) is 9.79. The predicted molar refractivity (Wildman–Crippen MR) is 119 cm³/mol. The zero-order chi connectivity index (χ0) is 21.5. The van der Waals surface area contributed by atoms with Gasteiger partial charge in [0.05, 0.1) is 12.8 Å². The Balaban J connectivity index is 1.85. The predicted octanol–water partition coefficient (Wildman–Crippen LogP) is 4.56. The van der Waals surface area contributed by atoms with Crippen LogP contribution in [0.4, 0.5) is 5.69 Å². The molecule has 0 saturated heterocycles. The molecule has 0 saturated carbocycles. The van der Waals surface area contributed by atoms with Gasteiger partial charge in [0.2, 0.25) is 5.91 Å². The highest BCUT2D eigenvalue weighted by Gasteiger charge is 2.20. The van der Waals surface area contributed by atoms with Gasteiger partial charge in [-0.15, -0.1) is 0 Å². The molecule has 3 rings (SSSR count). The molecule has 3 aromatic carbocycles. The van der Waals surface area contributed by atoms with E-state index >= 15 is 0 Å². The number of nitrogens with one attached hydrogen (secondary N) is 1. The van der Waals surface area contributed by atoms with Gasteiger partial charge in [0.1, 0.15) is 5.75 Å². The van der Waals surface area contributed by atoms with Crippen molar-refractivity contribution in [3.8, 4) is 5.75 Å². The second-order valence-electron chi connectivity index (χ2n) is 7.24. The van der Waals surface area contributed by atoms with Crippen LogP contribution in [0.1, 0.15) is 33.8 Å². The van der Waals surface area contributed by atoms with Gasteiger partial charge in [-0.25, -0.2) is 0 Å². The number of hydrogen-bond donors (Lipinski definition) is 1. The van der Waals surface area contributed by atoms with Crippen molar-refractivity contribution in [1.82, 2.24) is 4.90 Å². The summed E-state index contributed by atoms with van der Waals surface area (Å²) >= 11 is 0. The second-order valence-corrected chi connectivity index (χ2v) is 7.24. The smallest absolute Gasteiger partial charge is 0.253 e. The average Bonchev–Trinajstić information content (AvgIpc) is 2.78. The molecule has 0 bridgehead atoms. The Morgan fingerprint density at radius 2 is 1.47 bits per heavy atom. The number of nitrogens with zero attached hydrogens (tertiary/aromatic N) is 1. The maximum Gasteiger partial charge on any atom is 0.253 e. The summed E-state index contributed by atoms with van der Waals surface area (Å²) in [5.74, 6) is 0.139. The molecule has 0 radical (unpaired) electrons. The van der Waals surface area contributed by atoms with Gasteiger partial charge in [-0.2, -0.15) is 0 Å². The Morgan fingerprint density at radius 3 is 1.97 bits per heavy atom. The Morgan fingerprint density at radius 1 is 0.900 bits per heavy atom. The lowest BCUT2D eigenvalue weighted by Crippen LogP contribution is -2.22. The van der Waals surface area contributed by atoms with Crippen molar-refractivity contribution >= 4 is 17.5 Å². The molecule has 5 nitrogen and oxygen atoms in total. The van der Waals surface area contributed by atoms with E-state index in [-0.39, 0.29) is 24.2 Å². The lowest BCUT2D eigenvalue weighted by molar-refractivity contribution is -0.116. The van der Waals surface area contributed by atoms with Gasteiger partial charge in [0, 0.05) is 32.0 Å². The lowest BCUT2D eigenvalue weighted by atomic mass is 9.88. The van der Waals surface area contributed by atoms with Crippen molar-refractivity contribution in [2.75, 3.05) is 26.5 Å². The average molecular weight is 402 g/mol.